The monoisotopic (exact) mass is 483 g/mol. The predicted molar refractivity (Wildman–Crippen MR) is 109 cm³/mol. The van der Waals surface area contributed by atoms with Crippen LogP contribution in [0.25, 0.3) is 16.9 Å². The normalized spacial score (nSPS) is 19.1. The van der Waals surface area contributed by atoms with E-state index in [0.717, 1.165) is 29.1 Å². The molecule has 4 rings (SSSR count). The highest BCUT2D eigenvalue weighted by atomic mass is 19.4. The van der Waals surface area contributed by atoms with Crippen molar-refractivity contribution in [2.24, 2.45) is 11.8 Å². The summed E-state index contributed by atoms with van der Waals surface area (Å²) in [6, 6.07) is 4.85. The number of alkyl halides is 3. The maximum Gasteiger partial charge on any atom is 0.573 e. The number of aliphatic hydroxyl groups is 1. The van der Waals surface area contributed by atoms with Crippen molar-refractivity contribution in [2.75, 3.05) is 11.9 Å². The number of aliphatic hydroxyl groups excluding tert-OH is 1. The van der Waals surface area contributed by atoms with Gasteiger partial charge in [0.15, 0.2) is 5.82 Å². The van der Waals surface area contributed by atoms with E-state index < -0.39 is 41.8 Å². The number of anilines is 1. The molecule has 1 aliphatic heterocycles. The Hall–Kier alpha value is -3.74. The molecule has 2 aromatic heterocycles. The number of hydrogen-bond acceptors (Lipinski definition) is 6. The number of halogens is 5. The molecule has 0 radical (unpaired) electrons. The highest BCUT2D eigenvalue weighted by molar-refractivity contribution is 5.81. The smallest absolute Gasteiger partial charge is 0.406 e. The third-order valence-electron chi connectivity index (χ3n) is 5.31. The van der Waals surface area contributed by atoms with Crippen LogP contribution in [-0.2, 0) is 4.79 Å². The Morgan fingerprint density at radius 3 is 2.59 bits per heavy atom. The Bertz CT molecular complexity index is 1220. The second kappa shape index (κ2) is 8.89. The number of nitrogens with one attached hydrogen (secondary N) is 2. The van der Waals surface area contributed by atoms with Gasteiger partial charge in [-0.1, -0.05) is 6.92 Å². The summed E-state index contributed by atoms with van der Waals surface area (Å²) in [6.07, 6.45) is -4.07. The quantitative estimate of drug-likeness (QED) is 0.368. The van der Waals surface area contributed by atoms with Crippen molar-refractivity contribution in [1.82, 2.24) is 20.1 Å². The Morgan fingerprint density at radius 1 is 1.18 bits per heavy atom. The number of carbonyl (C=O) groups excluding carboxylic acids is 1. The first-order chi connectivity index (χ1) is 16.0. The molecule has 1 amide bonds. The molecule has 3 N–H and O–H groups in total. The standard InChI is InChI=1S/C21H18F5N5O3/c1-10-16(9-28-19(10)32)20(33)29-18-6-17(31(30-18)14-4-13(23)7-27-8-14)11-2-12(22)5-15(3-11)34-21(24,25)26/h2-8,10,16,20,33H,9H2,1H3,(H,28,32)(H,29,30)/t10-,16+,20?/m1/s1. The largest absolute Gasteiger partial charge is 0.573 e. The molecule has 1 saturated heterocycles. The van der Waals surface area contributed by atoms with Gasteiger partial charge in [0, 0.05) is 42.1 Å². The van der Waals surface area contributed by atoms with Gasteiger partial charge in [0.2, 0.25) is 5.91 Å². The number of amides is 1. The number of benzene rings is 1. The van der Waals surface area contributed by atoms with Gasteiger partial charge in [-0.2, -0.15) is 0 Å². The van der Waals surface area contributed by atoms with Gasteiger partial charge in [-0.15, -0.1) is 18.3 Å². The van der Waals surface area contributed by atoms with Crippen molar-refractivity contribution in [3.63, 3.8) is 0 Å². The predicted octanol–water partition coefficient (Wildman–Crippen LogP) is 3.22. The zero-order valence-electron chi connectivity index (χ0n) is 17.5. The molecule has 13 heteroatoms. The molecule has 1 aromatic carbocycles. The Kier molecular flexibility index (Phi) is 6.13. The van der Waals surface area contributed by atoms with E-state index in [0.29, 0.717) is 6.07 Å². The summed E-state index contributed by atoms with van der Waals surface area (Å²) >= 11 is 0. The first-order valence-electron chi connectivity index (χ1n) is 10.00. The van der Waals surface area contributed by atoms with Crippen molar-refractivity contribution in [3.05, 3.63) is 54.4 Å². The zero-order chi connectivity index (χ0) is 24.6. The van der Waals surface area contributed by atoms with Gasteiger partial charge in [-0.05, 0) is 12.1 Å². The Morgan fingerprint density at radius 2 is 1.94 bits per heavy atom. The number of hydrogen-bond donors (Lipinski definition) is 3. The molecule has 1 aliphatic rings. The second-order valence-electron chi connectivity index (χ2n) is 7.70. The lowest BCUT2D eigenvalue weighted by atomic mass is 9.96. The molecule has 0 spiro atoms. The lowest BCUT2D eigenvalue weighted by Gasteiger charge is -2.20. The molecule has 34 heavy (non-hydrogen) atoms. The maximum atomic E-state index is 14.1. The van der Waals surface area contributed by atoms with E-state index in [1.807, 2.05) is 0 Å². The summed E-state index contributed by atoms with van der Waals surface area (Å²) < 4.78 is 70.9. The van der Waals surface area contributed by atoms with Crippen molar-refractivity contribution >= 4 is 11.7 Å². The van der Waals surface area contributed by atoms with Crippen molar-refractivity contribution in [1.29, 1.82) is 0 Å². The van der Waals surface area contributed by atoms with Gasteiger partial charge in [0.05, 0.1) is 23.8 Å². The van der Waals surface area contributed by atoms with E-state index in [-0.39, 0.29) is 35.2 Å². The van der Waals surface area contributed by atoms with Gasteiger partial charge in [0.1, 0.15) is 23.6 Å². The third-order valence-corrected chi connectivity index (χ3v) is 5.31. The zero-order valence-corrected chi connectivity index (χ0v) is 17.5. The van der Waals surface area contributed by atoms with E-state index in [9.17, 15) is 31.9 Å². The van der Waals surface area contributed by atoms with Gasteiger partial charge in [-0.25, -0.2) is 13.5 Å². The van der Waals surface area contributed by atoms with Crippen LogP contribution < -0.4 is 15.4 Å². The van der Waals surface area contributed by atoms with E-state index >= 15 is 0 Å². The van der Waals surface area contributed by atoms with Gasteiger partial charge < -0.3 is 20.5 Å². The lowest BCUT2D eigenvalue weighted by molar-refractivity contribution is -0.274. The van der Waals surface area contributed by atoms with Crippen molar-refractivity contribution in [3.8, 4) is 22.7 Å². The van der Waals surface area contributed by atoms with Crippen LogP contribution in [0.2, 0.25) is 0 Å². The van der Waals surface area contributed by atoms with Crippen LogP contribution in [0.15, 0.2) is 42.7 Å². The fraction of sp³-hybridized carbons (Fsp3) is 0.286. The summed E-state index contributed by atoms with van der Waals surface area (Å²) in [5.41, 5.74) is 0.0816. The van der Waals surface area contributed by atoms with Crippen LogP contribution in [0.1, 0.15) is 6.92 Å². The van der Waals surface area contributed by atoms with Crippen LogP contribution in [0.3, 0.4) is 0 Å². The van der Waals surface area contributed by atoms with Crippen molar-refractivity contribution in [2.45, 2.75) is 19.5 Å². The molecule has 1 unspecified atom stereocenters. The maximum absolute atomic E-state index is 14.1. The number of ether oxygens (including phenoxy) is 1. The van der Waals surface area contributed by atoms with Crippen molar-refractivity contribution < 1.29 is 36.6 Å². The molecule has 3 atom stereocenters. The SMILES string of the molecule is C[C@H]1C(=O)NC[C@@H]1C(O)Nc1cc(-c2cc(F)cc(OC(F)(F)F)c2)n(-c2cncc(F)c2)n1. The minimum Gasteiger partial charge on any atom is -0.406 e. The first-order valence-corrected chi connectivity index (χ1v) is 10.00. The molecular weight excluding hydrogens is 465 g/mol. The van der Waals surface area contributed by atoms with E-state index in [1.165, 1.54) is 12.3 Å². The van der Waals surface area contributed by atoms with Crippen LogP contribution >= 0.6 is 0 Å². The number of aromatic nitrogens is 3. The minimum absolute atomic E-state index is 0.0425. The van der Waals surface area contributed by atoms with E-state index in [2.05, 4.69) is 25.5 Å². The van der Waals surface area contributed by atoms with Crippen LogP contribution in [0, 0.1) is 23.5 Å². The average molecular weight is 483 g/mol. The van der Waals surface area contributed by atoms with Gasteiger partial charge in [0.25, 0.3) is 0 Å². The van der Waals surface area contributed by atoms with Gasteiger partial charge >= 0.3 is 6.36 Å². The summed E-state index contributed by atoms with van der Waals surface area (Å²) in [5.74, 6) is -3.68. The lowest BCUT2D eigenvalue weighted by Crippen LogP contribution is -2.33. The van der Waals surface area contributed by atoms with E-state index in [4.69, 9.17) is 0 Å². The molecule has 8 nitrogen and oxygen atoms in total. The molecular formula is C21H18F5N5O3. The number of carbonyl (C=O) groups is 1. The minimum atomic E-state index is -5.04. The molecule has 0 saturated carbocycles. The molecule has 180 valence electrons. The summed E-state index contributed by atoms with van der Waals surface area (Å²) in [7, 11) is 0. The highest BCUT2D eigenvalue weighted by Crippen LogP contribution is 2.32. The van der Waals surface area contributed by atoms with E-state index in [1.54, 1.807) is 6.92 Å². The summed E-state index contributed by atoms with van der Waals surface area (Å²) in [4.78, 5) is 15.5. The second-order valence-corrected chi connectivity index (χ2v) is 7.70. The Labute approximate surface area is 189 Å². The fourth-order valence-corrected chi connectivity index (χ4v) is 3.67. The average Bonchev–Trinajstić information content (AvgIpc) is 3.30. The van der Waals surface area contributed by atoms with Gasteiger partial charge in [-0.3, -0.25) is 9.78 Å². The molecule has 0 bridgehead atoms. The summed E-state index contributed by atoms with van der Waals surface area (Å²) in [6.45, 7) is 1.87. The number of rotatable bonds is 6. The topological polar surface area (TPSA) is 101 Å². The highest BCUT2D eigenvalue weighted by Gasteiger charge is 2.36. The van der Waals surface area contributed by atoms with Crippen LogP contribution in [0.5, 0.6) is 5.75 Å². The number of nitrogens with zero attached hydrogens (tertiary/aromatic N) is 3. The molecule has 3 aromatic rings. The summed E-state index contributed by atoms with van der Waals surface area (Å²) in [5, 5.41) is 20.2. The number of pyridine rings is 1. The fourth-order valence-electron chi connectivity index (χ4n) is 3.67. The molecule has 0 aliphatic carbocycles. The van der Waals surface area contributed by atoms with Crippen LogP contribution in [0.4, 0.5) is 27.8 Å². The third kappa shape index (κ3) is 5.09. The molecule has 1 fully saturated rings. The molecule has 3 heterocycles. The van der Waals surface area contributed by atoms with Crippen LogP contribution in [-0.4, -0.2) is 44.9 Å². The first kappa shape index (κ1) is 23.4. The Balaban J connectivity index is 1.74.